The first-order valence-corrected chi connectivity index (χ1v) is 12.8. The molecule has 1 aromatic heterocycles. The summed E-state index contributed by atoms with van der Waals surface area (Å²) in [6.45, 7) is 0.685. The number of hydrogen-bond acceptors (Lipinski definition) is 6. The van der Waals surface area contributed by atoms with Crippen molar-refractivity contribution in [1.82, 2.24) is 4.98 Å². The Morgan fingerprint density at radius 1 is 1.19 bits per heavy atom. The lowest BCUT2D eigenvalue weighted by atomic mass is 10.0. The SMILES string of the molecule is C[C@H](CO)S(=O)(=O)Nc1ccc(C(=O)Nc2cc3cccnc3c(N3CCC(F)(F)CC3)c2F)cc1. The van der Waals surface area contributed by atoms with Crippen LogP contribution in [0.15, 0.2) is 48.7 Å². The van der Waals surface area contributed by atoms with Crippen molar-refractivity contribution in [3.63, 3.8) is 0 Å². The molecule has 0 unspecified atom stereocenters. The lowest BCUT2D eigenvalue weighted by Crippen LogP contribution is -2.40. The Hall–Kier alpha value is -3.38. The van der Waals surface area contributed by atoms with Crippen LogP contribution in [-0.2, 0) is 10.0 Å². The van der Waals surface area contributed by atoms with Crippen LogP contribution >= 0.6 is 0 Å². The Bertz CT molecular complexity index is 1370. The minimum atomic E-state index is -3.80. The molecule has 36 heavy (non-hydrogen) atoms. The molecular formula is C24H25F3N4O4S. The fourth-order valence-electron chi connectivity index (χ4n) is 3.87. The van der Waals surface area contributed by atoms with Gasteiger partial charge in [-0.3, -0.25) is 14.5 Å². The Morgan fingerprint density at radius 2 is 1.86 bits per heavy atom. The van der Waals surface area contributed by atoms with Crippen LogP contribution in [0.3, 0.4) is 0 Å². The zero-order valence-corrected chi connectivity index (χ0v) is 20.2. The number of sulfonamides is 1. The topological polar surface area (TPSA) is 112 Å². The van der Waals surface area contributed by atoms with Crippen molar-refractivity contribution < 1.29 is 31.5 Å². The van der Waals surface area contributed by atoms with Crippen LogP contribution in [0.2, 0.25) is 0 Å². The van der Waals surface area contributed by atoms with Gasteiger partial charge in [-0.25, -0.2) is 21.6 Å². The summed E-state index contributed by atoms with van der Waals surface area (Å²) in [6, 6.07) is 10.2. The molecule has 4 rings (SSSR count). The van der Waals surface area contributed by atoms with Gasteiger partial charge in [-0.1, -0.05) is 6.07 Å². The second-order valence-electron chi connectivity index (χ2n) is 8.68. The highest BCUT2D eigenvalue weighted by Crippen LogP contribution is 2.38. The lowest BCUT2D eigenvalue weighted by molar-refractivity contribution is -0.0221. The van der Waals surface area contributed by atoms with Crippen LogP contribution < -0.4 is 14.9 Å². The number of halogens is 3. The largest absolute Gasteiger partial charge is 0.395 e. The van der Waals surface area contributed by atoms with Crippen molar-refractivity contribution in [3.8, 4) is 0 Å². The van der Waals surface area contributed by atoms with E-state index in [9.17, 15) is 22.0 Å². The molecule has 192 valence electrons. The summed E-state index contributed by atoms with van der Waals surface area (Å²) in [5, 5.41) is 11.1. The highest BCUT2D eigenvalue weighted by Gasteiger charge is 2.36. The number of anilines is 3. The molecule has 1 saturated heterocycles. The summed E-state index contributed by atoms with van der Waals surface area (Å²) in [5.74, 6) is -4.23. The predicted octanol–water partition coefficient (Wildman–Crippen LogP) is 3.98. The maximum absolute atomic E-state index is 15.6. The zero-order valence-electron chi connectivity index (χ0n) is 19.3. The number of amides is 1. The molecule has 2 heterocycles. The molecule has 1 fully saturated rings. The van der Waals surface area contributed by atoms with E-state index < -0.39 is 52.4 Å². The fourth-order valence-corrected chi connectivity index (χ4v) is 4.73. The van der Waals surface area contributed by atoms with E-state index in [-0.39, 0.29) is 35.7 Å². The van der Waals surface area contributed by atoms with E-state index in [2.05, 4.69) is 15.0 Å². The summed E-state index contributed by atoms with van der Waals surface area (Å²) in [5.41, 5.74) is 0.569. The molecule has 3 N–H and O–H groups in total. The molecule has 2 aromatic carbocycles. The van der Waals surface area contributed by atoms with Gasteiger partial charge < -0.3 is 15.3 Å². The number of aliphatic hydroxyl groups is 1. The van der Waals surface area contributed by atoms with E-state index in [0.29, 0.717) is 10.9 Å². The van der Waals surface area contributed by atoms with Crippen molar-refractivity contribution >= 4 is 43.9 Å². The minimum absolute atomic E-state index is 0.0563. The highest BCUT2D eigenvalue weighted by atomic mass is 32.2. The maximum Gasteiger partial charge on any atom is 0.255 e. The molecule has 3 aromatic rings. The standard InChI is InChI=1S/C24H25F3N4O4S/c1-15(14-32)36(34,35)30-18-6-4-16(5-7-18)23(33)29-19-13-17-3-2-10-28-21(17)22(20(19)25)31-11-8-24(26,27)9-12-31/h2-7,10,13,15,30,32H,8-9,11-12,14H2,1H3,(H,29,33)/t15-/m1/s1. The van der Waals surface area contributed by atoms with Crippen molar-refractivity contribution in [2.45, 2.75) is 30.9 Å². The average molecular weight is 523 g/mol. The van der Waals surface area contributed by atoms with Gasteiger partial charge >= 0.3 is 0 Å². The first-order chi connectivity index (χ1) is 17.0. The number of alkyl halides is 2. The number of nitrogens with one attached hydrogen (secondary N) is 2. The third-order valence-corrected chi connectivity index (χ3v) is 7.79. The van der Waals surface area contributed by atoms with Crippen LogP contribution in [0.4, 0.5) is 30.2 Å². The van der Waals surface area contributed by atoms with Gasteiger partial charge in [-0.15, -0.1) is 0 Å². The number of pyridine rings is 1. The second kappa shape index (κ2) is 9.94. The van der Waals surface area contributed by atoms with Crippen LogP contribution in [0.25, 0.3) is 10.9 Å². The Labute approximate surface area is 206 Å². The van der Waals surface area contributed by atoms with Crippen molar-refractivity contribution in [1.29, 1.82) is 0 Å². The first-order valence-electron chi connectivity index (χ1n) is 11.2. The van der Waals surface area contributed by atoms with Crippen LogP contribution in [0.1, 0.15) is 30.1 Å². The van der Waals surface area contributed by atoms with Gasteiger partial charge in [0.25, 0.3) is 11.8 Å². The number of piperidine rings is 1. The third kappa shape index (κ3) is 5.39. The van der Waals surface area contributed by atoms with Crippen molar-refractivity contribution in [2.24, 2.45) is 0 Å². The molecule has 1 aliphatic heterocycles. The highest BCUT2D eigenvalue weighted by molar-refractivity contribution is 7.93. The summed E-state index contributed by atoms with van der Waals surface area (Å²) in [7, 11) is -3.80. The monoisotopic (exact) mass is 522 g/mol. The number of rotatable bonds is 7. The van der Waals surface area contributed by atoms with Gasteiger partial charge in [0.05, 0.1) is 17.8 Å². The summed E-state index contributed by atoms with van der Waals surface area (Å²) < 4.78 is 69.5. The Morgan fingerprint density at radius 3 is 2.50 bits per heavy atom. The predicted molar refractivity (Wildman–Crippen MR) is 132 cm³/mol. The van der Waals surface area contributed by atoms with Crippen molar-refractivity contribution in [2.75, 3.05) is 34.6 Å². The Kier molecular flexibility index (Phi) is 7.10. The van der Waals surface area contributed by atoms with E-state index in [1.54, 1.807) is 12.1 Å². The van der Waals surface area contributed by atoms with Gasteiger partial charge in [0.1, 0.15) is 10.9 Å². The van der Waals surface area contributed by atoms with Crippen LogP contribution in [-0.4, -0.2) is 55.3 Å². The number of aromatic nitrogens is 1. The van der Waals surface area contributed by atoms with E-state index in [1.165, 1.54) is 48.4 Å². The molecule has 12 heteroatoms. The molecule has 0 radical (unpaired) electrons. The summed E-state index contributed by atoms with van der Waals surface area (Å²) in [6.07, 6.45) is 0.661. The van der Waals surface area contributed by atoms with Crippen molar-refractivity contribution in [3.05, 3.63) is 60.0 Å². The van der Waals surface area contributed by atoms with E-state index in [0.717, 1.165) is 0 Å². The molecular weight excluding hydrogens is 497 g/mol. The number of benzene rings is 2. The number of carbonyl (C=O) groups is 1. The smallest absolute Gasteiger partial charge is 0.255 e. The number of hydrogen-bond donors (Lipinski definition) is 3. The quantitative estimate of drug-likeness (QED) is 0.433. The number of carbonyl (C=O) groups excluding carboxylic acids is 1. The Balaban J connectivity index is 1.59. The fraction of sp³-hybridized carbons (Fsp3) is 0.333. The first kappa shape index (κ1) is 25.7. The molecule has 0 spiro atoms. The third-order valence-electron chi connectivity index (χ3n) is 6.06. The van der Waals surface area contributed by atoms with Gasteiger partial charge in [-0.05, 0) is 43.3 Å². The molecule has 0 bridgehead atoms. The van der Waals surface area contributed by atoms with Gasteiger partial charge in [0.15, 0.2) is 5.82 Å². The van der Waals surface area contributed by atoms with Crippen LogP contribution in [0, 0.1) is 5.82 Å². The molecule has 1 amide bonds. The number of nitrogens with zero attached hydrogens (tertiary/aromatic N) is 2. The van der Waals surface area contributed by atoms with Crippen LogP contribution in [0.5, 0.6) is 0 Å². The van der Waals surface area contributed by atoms with E-state index >= 15 is 4.39 Å². The molecule has 1 atom stereocenters. The van der Waals surface area contributed by atoms with E-state index in [1.807, 2.05) is 0 Å². The van der Waals surface area contributed by atoms with E-state index in [4.69, 9.17) is 5.11 Å². The number of aliphatic hydroxyl groups excluding tert-OH is 1. The normalized spacial score (nSPS) is 16.5. The molecule has 0 saturated carbocycles. The molecule has 8 nitrogen and oxygen atoms in total. The average Bonchev–Trinajstić information content (AvgIpc) is 2.84. The van der Waals surface area contributed by atoms with Gasteiger partial charge in [0.2, 0.25) is 10.0 Å². The minimum Gasteiger partial charge on any atom is -0.395 e. The lowest BCUT2D eigenvalue weighted by Gasteiger charge is -2.34. The second-order valence-corrected chi connectivity index (χ2v) is 10.8. The van der Waals surface area contributed by atoms with Gasteiger partial charge in [-0.2, -0.15) is 0 Å². The molecule has 0 aliphatic carbocycles. The zero-order chi connectivity index (χ0) is 26.1. The number of fused-ring (bicyclic) bond motifs is 1. The van der Waals surface area contributed by atoms with Gasteiger partial charge in [0, 0.05) is 48.8 Å². The summed E-state index contributed by atoms with van der Waals surface area (Å²) >= 11 is 0. The maximum atomic E-state index is 15.6. The molecule has 1 aliphatic rings. The summed E-state index contributed by atoms with van der Waals surface area (Å²) in [4.78, 5) is 18.6.